The van der Waals surface area contributed by atoms with Crippen LogP contribution < -0.4 is 5.32 Å². The van der Waals surface area contributed by atoms with E-state index in [1.54, 1.807) is 0 Å². The molecule has 0 saturated heterocycles. The average molecular weight is 175 g/mol. The number of hydrogen-bond acceptors (Lipinski definition) is 1. The molecular weight excluding hydrogens is 162 g/mol. The third-order valence-corrected chi connectivity index (χ3v) is 2.46. The van der Waals surface area contributed by atoms with E-state index in [9.17, 15) is 4.79 Å². The number of nitrogens with one attached hydrogen (secondary N) is 1. The van der Waals surface area contributed by atoms with Crippen molar-refractivity contribution in [3.05, 3.63) is 35.4 Å². The van der Waals surface area contributed by atoms with Crippen LogP contribution in [0.25, 0.3) is 0 Å². The van der Waals surface area contributed by atoms with E-state index in [1.165, 1.54) is 5.56 Å². The zero-order valence-electron chi connectivity index (χ0n) is 7.87. The van der Waals surface area contributed by atoms with Crippen molar-refractivity contribution in [2.45, 2.75) is 19.9 Å². The highest BCUT2D eigenvalue weighted by Gasteiger charge is 2.23. The minimum atomic E-state index is 0.0480. The molecule has 1 atom stereocenters. The third kappa shape index (κ3) is 1.32. The van der Waals surface area contributed by atoms with Crippen LogP contribution in [0.1, 0.15) is 35.8 Å². The van der Waals surface area contributed by atoms with Gasteiger partial charge in [-0.2, -0.15) is 0 Å². The van der Waals surface area contributed by atoms with E-state index in [-0.39, 0.29) is 11.9 Å². The fourth-order valence-electron chi connectivity index (χ4n) is 1.73. The molecule has 1 aromatic rings. The fraction of sp³-hybridized carbons (Fsp3) is 0.364. The van der Waals surface area contributed by atoms with Crippen LogP contribution in [-0.4, -0.2) is 5.91 Å². The SMILES string of the molecule is CC(C)C1NC(=O)c2cccc1c2. The predicted octanol–water partition coefficient (Wildman–Crippen LogP) is 2.13. The van der Waals surface area contributed by atoms with Gasteiger partial charge in [0.25, 0.3) is 5.91 Å². The Hall–Kier alpha value is -1.31. The zero-order chi connectivity index (χ0) is 9.42. The summed E-state index contributed by atoms with van der Waals surface area (Å²) >= 11 is 0. The molecule has 1 aromatic carbocycles. The van der Waals surface area contributed by atoms with Crippen molar-refractivity contribution >= 4 is 5.91 Å². The minimum Gasteiger partial charge on any atom is -0.345 e. The molecule has 1 aliphatic heterocycles. The Kier molecular flexibility index (Phi) is 1.83. The Morgan fingerprint density at radius 3 is 2.85 bits per heavy atom. The van der Waals surface area contributed by atoms with Crippen molar-refractivity contribution < 1.29 is 4.79 Å². The van der Waals surface area contributed by atoms with Crippen LogP contribution >= 0.6 is 0 Å². The first kappa shape index (κ1) is 8.30. The monoisotopic (exact) mass is 175 g/mol. The Balaban J connectivity index is 2.45. The molecule has 0 spiro atoms. The number of benzene rings is 1. The second-order valence-electron chi connectivity index (χ2n) is 3.82. The number of fused-ring (bicyclic) bond motifs is 2. The average Bonchev–Trinajstić information content (AvgIpc) is 2.12. The predicted molar refractivity (Wildman–Crippen MR) is 51.5 cm³/mol. The summed E-state index contributed by atoms with van der Waals surface area (Å²) in [6, 6.07) is 8.01. The molecule has 0 aromatic heterocycles. The molecule has 68 valence electrons. The van der Waals surface area contributed by atoms with Crippen LogP contribution in [0.3, 0.4) is 0 Å². The normalized spacial score (nSPS) is 20.2. The first-order valence-corrected chi connectivity index (χ1v) is 4.59. The van der Waals surface area contributed by atoms with Gasteiger partial charge >= 0.3 is 0 Å². The van der Waals surface area contributed by atoms with Crippen molar-refractivity contribution in [3.63, 3.8) is 0 Å². The maximum Gasteiger partial charge on any atom is 0.251 e. The molecule has 1 aliphatic rings. The second kappa shape index (κ2) is 2.87. The van der Waals surface area contributed by atoms with E-state index in [4.69, 9.17) is 0 Å². The largest absolute Gasteiger partial charge is 0.345 e. The first-order valence-electron chi connectivity index (χ1n) is 4.59. The van der Waals surface area contributed by atoms with Gasteiger partial charge in [0.2, 0.25) is 0 Å². The first-order chi connectivity index (χ1) is 6.18. The van der Waals surface area contributed by atoms with E-state index in [0.717, 1.165) is 5.56 Å². The fourth-order valence-corrected chi connectivity index (χ4v) is 1.73. The quantitative estimate of drug-likeness (QED) is 0.696. The number of hydrogen-bond donors (Lipinski definition) is 1. The van der Waals surface area contributed by atoms with E-state index >= 15 is 0 Å². The smallest absolute Gasteiger partial charge is 0.251 e. The summed E-state index contributed by atoms with van der Waals surface area (Å²) in [4.78, 5) is 11.5. The maximum absolute atomic E-state index is 11.5. The van der Waals surface area contributed by atoms with Gasteiger partial charge in [0.1, 0.15) is 0 Å². The summed E-state index contributed by atoms with van der Waals surface area (Å²) in [6.45, 7) is 4.23. The van der Waals surface area contributed by atoms with E-state index in [2.05, 4.69) is 25.2 Å². The van der Waals surface area contributed by atoms with Crippen LogP contribution in [0, 0.1) is 5.92 Å². The highest BCUT2D eigenvalue weighted by atomic mass is 16.1. The molecule has 13 heavy (non-hydrogen) atoms. The number of amides is 1. The van der Waals surface area contributed by atoms with Crippen molar-refractivity contribution in [2.75, 3.05) is 0 Å². The molecule has 2 rings (SSSR count). The van der Waals surface area contributed by atoms with Gasteiger partial charge in [-0.05, 0) is 23.6 Å². The molecule has 1 N–H and O–H groups in total. The molecule has 0 fully saturated rings. The highest BCUT2D eigenvalue weighted by molar-refractivity contribution is 5.95. The molecule has 0 aliphatic carbocycles. The number of carbonyl (C=O) groups is 1. The van der Waals surface area contributed by atoms with Gasteiger partial charge in [0.05, 0.1) is 6.04 Å². The van der Waals surface area contributed by atoms with E-state index in [0.29, 0.717) is 5.92 Å². The van der Waals surface area contributed by atoms with Gasteiger partial charge in [0.15, 0.2) is 0 Å². The second-order valence-corrected chi connectivity index (χ2v) is 3.82. The molecule has 2 heteroatoms. The molecular formula is C11H13NO. The summed E-state index contributed by atoms with van der Waals surface area (Å²) in [5, 5.41) is 2.99. The van der Waals surface area contributed by atoms with Crippen LogP contribution in [0.2, 0.25) is 0 Å². The van der Waals surface area contributed by atoms with Crippen LogP contribution in [0.15, 0.2) is 24.3 Å². The van der Waals surface area contributed by atoms with Gasteiger partial charge in [-0.15, -0.1) is 0 Å². The summed E-state index contributed by atoms with van der Waals surface area (Å²) in [5.41, 5.74) is 1.99. The van der Waals surface area contributed by atoms with Gasteiger partial charge < -0.3 is 5.32 Å². The summed E-state index contributed by atoms with van der Waals surface area (Å²) in [7, 11) is 0. The van der Waals surface area contributed by atoms with Crippen LogP contribution in [0.5, 0.6) is 0 Å². The topological polar surface area (TPSA) is 29.1 Å². The molecule has 1 amide bonds. The van der Waals surface area contributed by atoms with Crippen molar-refractivity contribution in [1.29, 1.82) is 0 Å². The van der Waals surface area contributed by atoms with Crippen molar-refractivity contribution in [3.8, 4) is 0 Å². The summed E-state index contributed by atoms with van der Waals surface area (Å²) < 4.78 is 0. The lowest BCUT2D eigenvalue weighted by Gasteiger charge is -2.27. The summed E-state index contributed by atoms with van der Waals surface area (Å²) in [5.74, 6) is 0.492. The molecule has 1 unspecified atom stereocenters. The van der Waals surface area contributed by atoms with Crippen molar-refractivity contribution in [2.24, 2.45) is 5.92 Å². The Labute approximate surface area is 78.0 Å². The summed E-state index contributed by atoms with van der Waals surface area (Å²) in [6.07, 6.45) is 0. The lowest BCUT2D eigenvalue weighted by Crippen LogP contribution is -2.35. The number of carbonyl (C=O) groups excluding carboxylic acids is 1. The Morgan fingerprint density at radius 2 is 2.15 bits per heavy atom. The molecule has 2 nitrogen and oxygen atoms in total. The Morgan fingerprint density at radius 1 is 1.38 bits per heavy atom. The molecule has 1 heterocycles. The van der Waals surface area contributed by atoms with E-state index < -0.39 is 0 Å². The number of rotatable bonds is 1. The van der Waals surface area contributed by atoms with Gasteiger partial charge in [0, 0.05) is 5.56 Å². The maximum atomic E-state index is 11.5. The van der Waals surface area contributed by atoms with Crippen LogP contribution in [0.4, 0.5) is 0 Å². The van der Waals surface area contributed by atoms with Gasteiger partial charge in [-0.1, -0.05) is 26.0 Å². The standard InChI is InChI=1S/C11H13NO/c1-7(2)10-8-4-3-5-9(6-8)11(13)12-10/h3-7,10H,1-2H3,(H,12,13). The Bertz CT molecular complexity index is 344. The van der Waals surface area contributed by atoms with Gasteiger partial charge in [-0.25, -0.2) is 0 Å². The third-order valence-electron chi connectivity index (χ3n) is 2.46. The zero-order valence-corrected chi connectivity index (χ0v) is 7.87. The minimum absolute atomic E-state index is 0.0480. The lowest BCUT2D eigenvalue weighted by atomic mass is 9.91. The van der Waals surface area contributed by atoms with Crippen molar-refractivity contribution in [1.82, 2.24) is 5.32 Å². The van der Waals surface area contributed by atoms with Gasteiger partial charge in [-0.3, -0.25) is 4.79 Å². The van der Waals surface area contributed by atoms with E-state index in [1.807, 2.05) is 18.2 Å². The lowest BCUT2D eigenvalue weighted by molar-refractivity contribution is 0.0918. The molecule has 2 bridgehead atoms. The van der Waals surface area contributed by atoms with Crippen LogP contribution in [-0.2, 0) is 0 Å². The molecule has 0 saturated carbocycles. The molecule has 0 radical (unpaired) electrons. The highest BCUT2D eigenvalue weighted by Crippen LogP contribution is 2.26.